The van der Waals surface area contributed by atoms with E-state index in [1.54, 1.807) is 7.11 Å². The summed E-state index contributed by atoms with van der Waals surface area (Å²) < 4.78 is 13.7. The lowest BCUT2D eigenvalue weighted by molar-refractivity contribution is 0.251. The molecule has 1 saturated heterocycles. The summed E-state index contributed by atoms with van der Waals surface area (Å²) in [5, 5.41) is 7.11. The monoisotopic (exact) mass is 492 g/mol. The predicted molar refractivity (Wildman–Crippen MR) is 146 cm³/mol. The number of likely N-dealkylation sites (N-methyl/N-ethyl adjacent to an activating group) is 1. The van der Waals surface area contributed by atoms with E-state index in [9.17, 15) is 4.79 Å². The van der Waals surface area contributed by atoms with Crippen LogP contribution in [-0.4, -0.2) is 48.8 Å². The molecule has 7 heteroatoms. The Morgan fingerprint density at radius 1 is 1.17 bits per heavy atom. The van der Waals surface area contributed by atoms with Crippen molar-refractivity contribution in [2.24, 2.45) is 5.92 Å². The number of anilines is 1. The Labute approximate surface area is 214 Å². The molecule has 1 unspecified atom stereocenters. The van der Waals surface area contributed by atoms with Gasteiger partial charge in [0, 0.05) is 48.0 Å². The second-order valence-electron chi connectivity index (χ2n) is 10.2. The van der Waals surface area contributed by atoms with E-state index in [-0.39, 0.29) is 6.03 Å². The average Bonchev–Trinajstić information content (AvgIpc) is 3.47. The molecule has 36 heavy (non-hydrogen) atoms. The molecule has 3 aromatic rings. The number of methoxy groups -OCH3 is 1. The maximum Gasteiger partial charge on any atom is 0.319 e. The average molecular weight is 493 g/mol. The first-order chi connectivity index (χ1) is 17.4. The van der Waals surface area contributed by atoms with Crippen LogP contribution in [0.5, 0.6) is 11.5 Å². The van der Waals surface area contributed by atoms with Gasteiger partial charge in [0.25, 0.3) is 0 Å². The molecule has 4 rings (SSSR count). The number of urea groups is 1. The summed E-state index contributed by atoms with van der Waals surface area (Å²) in [4.78, 5) is 15.1. The van der Waals surface area contributed by atoms with E-state index in [4.69, 9.17) is 9.47 Å². The minimum Gasteiger partial charge on any atom is -0.493 e. The molecular formula is C29H40N4O3. The van der Waals surface area contributed by atoms with Crippen LogP contribution in [0.15, 0.2) is 48.7 Å². The van der Waals surface area contributed by atoms with Crippen molar-refractivity contribution in [1.82, 2.24) is 14.8 Å². The number of rotatable bonds is 11. The van der Waals surface area contributed by atoms with Gasteiger partial charge in [-0.25, -0.2) is 4.79 Å². The number of benzene rings is 2. The maximum atomic E-state index is 12.7. The van der Waals surface area contributed by atoms with Crippen molar-refractivity contribution in [3.8, 4) is 11.5 Å². The van der Waals surface area contributed by atoms with Crippen molar-refractivity contribution in [1.29, 1.82) is 0 Å². The van der Waals surface area contributed by atoms with Crippen LogP contribution in [-0.2, 0) is 13.1 Å². The molecule has 1 aliphatic heterocycles. The second-order valence-corrected chi connectivity index (χ2v) is 10.2. The normalized spacial score (nSPS) is 16.0. The summed E-state index contributed by atoms with van der Waals surface area (Å²) in [6, 6.07) is 14.2. The third kappa shape index (κ3) is 6.52. The van der Waals surface area contributed by atoms with Crippen LogP contribution in [0.25, 0.3) is 10.9 Å². The fourth-order valence-corrected chi connectivity index (χ4v) is 4.93. The molecule has 0 spiro atoms. The Kier molecular flexibility index (Phi) is 8.75. The molecular weight excluding hydrogens is 452 g/mol. The van der Waals surface area contributed by atoms with Crippen molar-refractivity contribution >= 4 is 22.6 Å². The molecule has 0 aliphatic carbocycles. The predicted octanol–water partition coefficient (Wildman–Crippen LogP) is 5.88. The molecule has 1 aliphatic rings. The summed E-state index contributed by atoms with van der Waals surface area (Å²) in [7, 11) is 3.83. The van der Waals surface area contributed by atoms with Crippen LogP contribution < -0.4 is 20.1 Å². The Hall–Kier alpha value is -3.19. The number of hydrogen-bond acceptors (Lipinski definition) is 4. The van der Waals surface area contributed by atoms with Gasteiger partial charge in [-0.3, -0.25) is 0 Å². The number of fused-ring (bicyclic) bond motifs is 1. The van der Waals surface area contributed by atoms with E-state index in [1.807, 2.05) is 18.2 Å². The molecule has 194 valence electrons. The molecule has 0 bridgehead atoms. The minimum absolute atomic E-state index is 0.255. The van der Waals surface area contributed by atoms with E-state index in [0.717, 1.165) is 24.9 Å². The fourth-order valence-electron chi connectivity index (χ4n) is 4.93. The highest BCUT2D eigenvalue weighted by atomic mass is 16.5. The molecule has 1 aromatic heterocycles. The van der Waals surface area contributed by atoms with Crippen LogP contribution in [0.4, 0.5) is 10.5 Å². The number of likely N-dealkylation sites (tertiary alicyclic amines) is 1. The first kappa shape index (κ1) is 25.9. The Bertz CT molecular complexity index is 1160. The van der Waals surface area contributed by atoms with Crippen molar-refractivity contribution in [3.63, 3.8) is 0 Å². The van der Waals surface area contributed by atoms with E-state index in [1.165, 1.54) is 30.3 Å². The van der Waals surface area contributed by atoms with Gasteiger partial charge in [0.15, 0.2) is 11.5 Å². The number of carbonyl (C=O) groups excluding carboxylic acids is 1. The highest BCUT2D eigenvalue weighted by Gasteiger charge is 2.21. The fraction of sp³-hybridized carbons (Fsp3) is 0.483. The van der Waals surface area contributed by atoms with Crippen molar-refractivity contribution in [2.75, 3.05) is 32.6 Å². The lowest BCUT2D eigenvalue weighted by Crippen LogP contribution is -2.29. The Morgan fingerprint density at radius 3 is 2.78 bits per heavy atom. The largest absolute Gasteiger partial charge is 0.493 e. The summed E-state index contributed by atoms with van der Waals surface area (Å²) in [6.45, 7) is 7.64. The Morgan fingerprint density at radius 2 is 2.03 bits per heavy atom. The zero-order chi connectivity index (χ0) is 25.5. The number of nitrogens with zero attached hydrogens (tertiary/aromatic N) is 2. The number of carbonyl (C=O) groups is 1. The van der Waals surface area contributed by atoms with E-state index in [2.05, 4.69) is 71.5 Å². The van der Waals surface area contributed by atoms with Crippen LogP contribution in [0.1, 0.15) is 45.1 Å². The molecule has 0 radical (unpaired) electrons. The highest BCUT2D eigenvalue weighted by molar-refractivity contribution is 5.90. The summed E-state index contributed by atoms with van der Waals surface area (Å²) in [5.41, 5.74) is 2.98. The van der Waals surface area contributed by atoms with Crippen molar-refractivity contribution in [3.05, 3.63) is 54.2 Å². The molecule has 2 aromatic carbocycles. The van der Waals surface area contributed by atoms with Gasteiger partial charge in [0.05, 0.1) is 13.7 Å². The maximum absolute atomic E-state index is 12.7. The second kappa shape index (κ2) is 12.2. The standard InChI is InChI=1S/C29H40N4O3/c1-21(2)8-7-17-36-28-18-23(12-13-27(28)35-4)31-29(34)30-19-22-9-5-11-26-25(22)14-16-33(26)20-24-10-6-15-32(24)3/h5,9,11-14,16,18,21,24H,6-8,10,15,17,19-20H2,1-4H3,(H2,30,31,34). The van der Waals surface area contributed by atoms with Gasteiger partial charge in [-0.2, -0.15) is 0 Å². The quantitative estimate of drug-likeness (QED) is 0.328. The molecule has 2 amide bonds. The third-order valence-electron chi connectivity index (χ3n) is 7.03. The summed E-state index contributed by atoms with van der Waals surface area (Å²) in [6.07, 6.45) is 6.76. The highest BCUT2D eigenvalue weighted by Crippen LogP contribution is 2.30. The lowest BCUT2D eigenvalue weighted by Gasteiger charge is -2.20. The number of ether oxygens (including phenoxy) is 2. The molecule has 2 N–H and O–H groups in total. The number of hydrogen-bond donors (Lipinski definition) is 2. The zero-order valence-corrected chi connectivity index (χ0v) is 22.0. The van der Waals surface area contributed by atoms with E-state index >= 15 is 0 Å². The van der Waals surface area contributed by atoms with Gasteiger partial charge in [-0.05, 0) is 75.0 Å². The zero-order valence-electron chi connectivity index (χ0n) is 22.0. The van der Waals surface area contributed by atoms with Gasteiger partial charge in [0.1, 0.15) is 0 Å². The molecule has 2 heterocycles. The number of amides is 2. The summed E-state index contributed by atoms with van der Waals surface area (Å²) >= 11 is 0. The minimum atomic E-state index is -0.255. The topological polar surface area (TPSA) is 67.8 Å². The first-order valence-corrected chi connectivity index (χ1v) is 13.1. The van der Waals surface area contributed by atoms with Gasteiger partial charge in [0.2, 0.25) is 0 Å². The van der Waals surface area contributed by atoms with Crippen molar-refractivity contribution in [2.45, 2.75) is 58.7 Å². The van der Waals surface area contributed by atoms with Gasteiger partial charge in [-0.15, -0.1) is 0 Å². The smallest absolute Gasteiger partial charge is 0.319 e. The van der Waals surface area contributed by atoms with Gasteiger partial charge >= 0.3 is 6.03 Å². The SMILES string of the molecule is COc1ccc(NC(=O)NCc2cccc3c2ccn3CC2CCCN2C)cc1OCCCC(C)C. The van der Waals surface area contributed by atoms with Crippen molar-refractivity contribution < 1.29 is 14.3 Å². The molecule has 0 saturated carbocycles. The van der Waals surface area contributed by atoms with Crippen LogP contribution >= 0.6 is 0 Å². The van der Waals surface area contributed by atoms with E-state index < -0.39 is 0 Å². The van der Waals surface area contributed by atoms with Crippen LogP contribution in [0, 0.1) is 5.92 Å². The Balaban J connectivity index is 1.35. The van der Waals surface area contributed by atoms with Crippen LogP contribution in [0.2, 0.25) is 0 Å². The third-order valence-corrected chi connectivity index (χ3v) is 7.03. The van der Waals surface area contributed by atoms with Gasteiger partial charge in [-0.1, -0.05) is 26.0 Å². The van der Waals surface area contributed by atoms with E-state index in [0.29, 0.717) is 42.3 Å². The molecule has 1 fully saturated rings. The molecule has 7 nitrogen and oxygen atoms in total. The van der Waals surface area contributed by atoms with Crippen LogP contribution in [0.3, 0.4) is 0 Å². The number of nitrogens with one attached hydrogen (secondary N) is 2. The number of aromatic nitrogens is 1. The first-order valence-electron chi connectivity index (χ1n) is 13.1. The van der Waals surface area contributed by atoms with Gasteiger partial charge < -0.3 is 29.6 Å². The summed E-state index contributed by atoms with van der Waals surface area (Å²) in [5.74, 6) is 1.94. The lowest BCUT2D eigenvalue weighted by atomic mass is 10.1. The molecule has 1 atom stereocenters.